The molecule has 0 amide bonds. The van der Waals surface area contributed by atoms with Crippen molar-refractivity contribution >= 4 is 15.7 Å². The second-order valence-corrected chi connectivity index (χ2v) is 5.50. The van der Waals surface area contributed by atoms with E-state index >= 15 is 0 Å². The molecule has 0 aromatic carbocycles. The number of nitrogens with zero attached hydrogens (tertiary/aromatic N) is 1. The van der Waals surface area contributed by atoms with Gasteiger partial charge in [-0.15, -0.1) is 0 Å². The second-order valence-electron chi connectivity index (χ2n) is 3.85. The minimum Gasteiger partial charge on any atom is -0.313 e. The van der Waals surface area contributed by atoms with Crippen molar-refractivity contribution in [2.24, 2.45) is 0 Å². The van der Waals surface area contributed by atoms with E-state index in [1.807, 2.05) is 4.98 Å². The summed E-state index contributed by atoms with van der Waals surface area (Å²) in [6, 6.07) is 0. The van der Waals surface area contributed by atoms with Gasteiger partial charge in [-0.25, -0.2) is 13.2 Å². The number of hydrogen-bond acceptors (Lipinski definition) is 5. The highest BCUT2D eigenvalue weighted by Crippen LogP contribution is 2.19. The fourth-order valence-corrected chi connectivity index (χ4v) is 2.68. The molecule has 0 fully saturated rings. The van der Waals surface area contributed by atoms with Crippen LogP contribution in [0, 0.1) is 13.8 Å². The number of anilines is 1. The molecule has 19 heavy (non-hydrogen) atoms. The zero-order valence-corrected chi connectivity index (χ0v) is 10.9. The Hall–Kier alpha value is -2.36. The SMILES string of the molecule is Cc1n[nH]c(C)c1NS(=O)(=O)c1c[nH]c(=O)[nH]c1=O. The Morgan fingerprint density at radius 1 is 1.26 bits per heavy atom. The maximum absolute atomic E-state index is 12.0. The summed E-state index contributed by atoms with van der Waals surface area (Å²) in [5.74, 6) is 0. The molecular weight excluding hydrogens is 274 g/mol. The Labute approximate surface area is 107 Å². The largest absolute Gasteiger partial charge is 0.325 e. The first-order valence-corrected chi connectivity index (χ1v) is 6.66. The summed E-state index contributed by atoms with van der Waals surface area (Å²) in [6.07, 6.45) is 0.842. The van der Waals surface area contributed by atoms with Crippen LogP contribution in [0.1, 0.15) is 11.4 Å². The number of sulfonamides is 1. The maximum atomic E-state index is 12.0. The standard InChI is InChI=1S/C9H11N5O4S/c1-4-7(5(2)13-12-4)14-19(17,18)6-3-10-9(16)11-8(6)15/h3,14H,1-2H3,(H,12,13)(H2,10,11,15,16). The van der Waals surface area contributed by atoms with Gasteiger partial charge < -0.3 is 4.98 Å². The van der Waals surface area contributed by atoms with Crippen LogP contribution >= 0.6 is 0 Å². The molecule has 0 aliphatic carbocycles. The van der Waals surface area contributed by atoms with Crippen LogP contribution in [-0.4, -0.2) is 28.6 Å². The third kappa shape index (κ3) is 2.42. The number of aromatic amines is 3. The molecule has 0 aliphatic heterocycles. The lowest BCUT2D eigenvalue weighted by molar-refractivity contribution is 0.599. The number of H-pyrrole nitrogens is 3. The van der Waals surface area contributed by atoms with Gasteiger partial charge >= 0.3 is 5.69 Å². The van der Waals surface area contributed by atoms with Gasteiger partial charge in [0.15, 0.2) is 4.90 Å². The first-order chi connectivity index (χ1) is 8.81. The van der Waals surface area contributed by atoms with Crippen molar-refractivity contribution in [3.05, 3.63) is 38.4 Å². The van der Waals surface area contributed by atoms with Gasteiger partial charge in [-0.05, 0) is 13.8 Å². The van der Waals surface area contributed by atoms with Crippen molar-refractivity contribution in [1.29, 1.82) is 0 Å². The Morgan fingerprint density at radius 3 is 2.47 bits per heavy atom. The molecule has 2 rings (SSSR count). The number of aromatic nitrogens is 4. The average Bonchev–Trinajstić information content (AvgIpc) is 2.60. The van der Waals surface area contributed by atoms with Crippen LogP contribution in [0.3, 0.4) is 0 Å². The highest BCUT2D eigenvalue weighted by Gasteiger charge is 2.21. The van der Waals surface area contributed by atoms with Crippen molar-refractivity contribution < 1.29 is 8.42 Å². The van der Waals surface area contributed by atoms with Crippen LogP contribution in [0.4, 0.5) is 5.69 Å². The van der Waals surface area contributed by atoms with Crippen LogP contribution < -0.4 is 16.0 Å². The molecule has 0 saturated heterocycles. The Kier molecular flexibility index (Phi) is 3.02. The van der Waals surface area contributed by atoms with Crippen molar-refractivity contribution in [2.45, 2.75) is 18.7 Å². The van der Waals surface area contributed by atoms with E-state index in [-0.39, 0.29) is 5.69 Å². The molecule has 0 atom stereocenters. The number of rotatable bonds is 3. The Morgan fingerprint density at radius 2 is 1.95 bits per heavy atom. The number of nitrogens with one attached hydrogen (secondary N) is 4. The molecule has 9 nitrogen and oxygen atoms in total. The normalized spacial score (nSPS) is 11.5. The van der Waals surface area contributed by atoms with E-state index in [2.05, 4.69) is 19.9 Å². The van der Waals surface area contributed by atoms with Crippen molar-refractivity contribution in [2.75, 3.05) is 4.72 Å². The highest BCUT2D eigenvalue weighted by molar-refractivity contribution is 7.92. The summed E-state index contributed by atoms with van der Waals surface area (Å²) in [5, 5.41) is 6.45. The Bertz CT molecular complexity index is 809. The molecule has 0 radical (unpaired) electrons. The first kappa shape index (κ1) is 13.1. The van der Waals surface area contributed by atoms with Gasteiger partial charge in [-0.1, -0.05) is 0 Å². The smallest absolute Gasteiger partial charge is 0.313 e. The minimum absolute atomic E-state index is 0.269. The summed E-state index contributed by atoms with van der Waals surface area (Å²) in [7, 11) is -4.10. The van der Waals surface area contributed by atoms with Gasteiger partial charge in [-0.3, -0.25) is 19.6 Å². The molecule has 102 valence electrons. The zero-order valence-electron chi connectivity index (χ0n) is 10.1. The molecule has 0 bridgehead atoms. The topological polar surface area (TPSA) is 141 Å². The summed E-state index contributed by atoms with van der Waals surface area (Å²) in [5.41, 5.74) is -0.538. The van der Waals surface area contributed by atoms with E-state index in [1.165, 1.54) is 0 Å². The fourth-order valence-electron chi connectivity index (χ4n) is 1.49. The second kappa shape index (κ2) is 4.39. The predicted octanol–water partition coefficient (Wildman–Crippen LogP) is -0.796. The molecule has 2 aromatic rings. The average molecular weight is 285 g/mol. The van der Waals surface area contributed by atoms with Gasteiger partial charge in [0.05, 0.1) is 17.1 Å². The molecule has 0 unspecified atom stereocenters. The van der Waals surface area contributed by atoms with E-state index in [0.717, 1.165) is 6.20 Å². The van der Waals surface area contributed by atoms with E-state index < -0.39 is 26.2 Å². The van der Waals surface area contributed by atoms with Gasteiger partial charge in [0.2, 0.25) is 0 Å². The van der Waals surface area contributed by atoms with Crippen LogP contribution in [0.25, 0.3) is 0 Å². The first-order valence-electron chi connectivity index (χ1n) is 5.17. The molecule has 4 N–H and O–H groups in total. The molecule has 0 spiro atoms. The third-order valence-electron chi connectivity index (χ3n) is 2.44. The molecule has 0 aliphatic rings. The van der Waals surface area contributed by atoms with Gasteiger partial charge in [0, 0.05) is 6.20 Å². The third-order valence-corrected chi connectivity index (χ3v) is 3.79. The number of hydrogen-bond donors (Lipinski definition) is 4. The molecule has 2 aromatic heterocycles. The number of aryl methyl sites for hydroxylation is 2. The summed E-state index contributed by atoms with van der Waals surface area (Å²) in [4.78, 5) is 25.7. The highest BCUT2D eigenvalue weighted by atomic mass is 32.2. The van der Waals surface area contributed by atoms with E-state index in [4.69, 9.17) is 0 Å². The van der Waals surface area contributed by atoms with Crippen molar-refractivity contribution in [3.8, 4) is 0 Å². The molecular formula is C9H11N5O4S. The van der Waals surface area contributed by atoms with E-state index in [9.17, 15) is 18.0 Å². The molecule has 2 heterocycles. The summed E-state index contributed by atoms with van der Waals surface area (Å²) in [6.45, 7) is 3.24. The van der Waals surface area contributed by atoms with Gasteiger partial charge in [0.25, 0.3) is 15.6 Å². The van der Waals surface area contributed by atoms with E-state index in [1.54, 1.807) is 13.8 Å². The summed E-state index contributed by atoms with van der Waals surface area (Å²) < 4.78 is 26.3. The minimum atomic E-state index is -4.10. The van der Waals surface area contributed by atoms with Crippen LogP contribution in [0.15, 0.2) is 20.7 Å². The summed E-state index contributed by atoms with van der Waals surface area (Å²) >= 11 is 0. The van der Waals surface area contributed by atoms with E-state index in [0.29, 0.717) is 11.4 Å². The predicted molar refractivity (Wildman–Crippen MR) is 66.6 cm³/mol. The van der Waals surface area contributed by atoms with Crippen molar-refractivity contribution in [1.82, 2.24) is 20.2 Å². The molecule has 0 saturated carbocycles. The lowest BCUT2D eigenvalue weighted by Crippen LogP contribution is -2.29. The van der Waals surface area contributed by atoms with Crippen molar-refractivity contribution in [3.63, 3.8) is 0 Å². The fraction of sp³-hybridized carbons (Fsp3) is 0.222. The van der Waals surface area contributed by atoms with Crippen LogP contribution in [-0.2, 0) is 10.0 Å². The van der Waals surface area contributed by atoms with Crippen LogP contribution in [0.5, 0.6) is 0 Å². The quantitative estimate of drug-likeness (QED) is 0.584. The Balaban J connectivity index is 2.50. The van der Waals surface area contributed by atoms with Crippen LogP contribution in [0.2, 0.25) is 0 Å². The monoisotopic (exact) mass is 285 g/mol. The van der Waals surface area contributed by atoms with Gasteiger partial charge in [-0.2, -0.15) is 5.10 Å². The van der Waals surface area contributed by atoms with Gasteiger partial charge in [0.1, 0.15) is 0 Å². The zero-order chi connectivity index (χ0) is 14.2. The maximum Gasteiger partial charge on any atom is 0.325 e. The molecule has 10 heteroatoms. The lowest BCUT2D eigenvalue weighted by Gasteiger charge is -2.06. The lowest BCUT2D eigenvalue weighted by atomic mass is 10.3.